The van der Waals surface area contributed by atoms with Gasteiger partial charge in [0.1, 0.15) is 6.54 Å². The van der Waals surface area contributed by atoms with Crippen molar-refractivity contribution in [3.05, 3.63) is 42.0 Å². The lowest BCUT2D eigenvalue weighted by atomic mass is 10.2. The molecule has 0 aliphatic heterocycles. The SMILES string of the molecule is O=C(O)CNC(=O)/C=C\c1ccccc1. The standard InChI is InChI=1S/C11H11NO3/c13-10(12-8-11(14)15)7-6-9-4-2-1-3-5-9/h1-7H,8H2,(H,12,13)(H,14,15)/b7-6-. The van der Waals surface area contributed by atoms with Crippen molar-refractivity contribution >= 4 is 18.0 Å². The van der Waals surface area contributed by atoms with Crippen LogP contribution in [0, 0.1) is 0 Å². The predicted molar refractivity (Wildman–Crippen MR) is 56.1 cm³/mol. The van der Waals surface area contributed by atoms with Crippen molar-refractivity contribution in [2.24, 2.45) is 0 Å². The Hall–Kier alpha value is -2.10. The summed E-state index contributed by atoms with van der Waals surface area (Å²) in [4.78, 5) is 21.2. The second-order valence-corrected chi connectivity index (χ2v) is 2.86. The number of aliphatic carboxylic acids is 1. The maximum absolute atomic E-state index is 11.1. The number of benzene rings is 1. The Labute approximate surface area is 87.2 Å². The molecule has 0 aliphatic carbocycles. The molecular weight excluding hydrogens is 194 g/mol. The van der Waals surface area contributed by atoms with E-state index >= 15 is 0 Å². The molecule has 0 radical (unpaired) electrons. The molecule has 0 bridgehead atoms. The summed E-state index contributed by atoms with van der Waals surface area (Å²) in [6.07, 6.45) is 2.93. The van der Waals surface area contributed by atoms with Crippen LogP contribution in [0.1, 0.15) is 5.56 Å². The highest BCUT2D eigenvalue weighted by Crippen LogP contribution is 2.00. The van der Waals surface area contributed by atoms with Gasteiger partial charge in [-0.25, -0.2) is 0 Å². The van der Waals surface area contributed by atoms with Gasteiger partial charge in [-0.3, -0.25) is 9.59 Å². The predicted octanol–water partition coefficient (Wildman–Crippen LogP) is 0.901. The number of hydrogen-bond donors (Lipinski definition) is 2. The van der Waals surface area contributed by atoms with E-state index in [0.717, 1.165) is 5.56 Å². The first kappa shape index (κ1) is 11.0. The van der Waals surface area contributed by atoms with Gasteiger partial charge in [-0.05, 0) is 11.6 Å². The average molecular weight is 205 g/mol. The first-order valence-electron chi connectivity index (χ1n) is 4.41. The molecule has 0 saturated heterocycles. The average Bonchev–Trinajstić information content (AvgIpc) is 2.25. The minimum absolute atomic E-state index is 0.363. The van der Waals surface area contributed by atoms with Gasteiger partial charge in [-0.2, -0.15) is 0 Å². The Balaban J connectivity index is 2.44. The van der Waals surface area contributed by atoms with Crippen LogP contribution in [0.3, 0.4) is 0 Å². The highest BCUT2D eigenvalue weighted by molar-refractivity contribution is 5.93. The highest BCUT2D eigenvalue weighted by Gasteiger charge is 1.98. The molecule has 0 atom stereocenters. The van der Waals surface area contributed by atoms with Crippen LogP contribution in [0.15, 0.2) is 36.4 Å². The first-order valence-corrected chi connectivity index (χ1v) is 4.41. The number of carboxylic acids is 1. The maximum atomic E-state index is 11.1. The smallest absolute Gasteiger partial charge is 0.322 e. The summed E-state index contributed by atoms with van der Waals surface area (Å²) < 4.78 is 0. The van der Waals surface area contributed by atoms with Crippen LogP contribution in [0.4, 0.5) is 0 Å². The van der Waals surface area contributed by atoms with Crippen LogP contribution in [0.2, 0.25) is 0 Å². The molecule has 0 heterocycles. The number of rotatable bonds is 4. The van der Waals surface area contributed by atoms with Gasteiger partial charge in [0.15, 0.2) is 0 Å². The molecule has 0 saturated carbocycles. The summed E-state index contributed by atoms with van der Waals surface area (Å²) in [6.45, 7) is -0.363. The van der Waals surface area contributed by atoms with Crippen molar-refractivity contribution in [1.82, 2.24) is 5.32 Å². The zero-order valence-electron chi connectivity index (χ0n) is 8.01. The molecule has 0 unspecified atom stereocenters. The summed E-state index contributed by atoms with van der Waals surface area (Å²) >= 11 is 0. The van der Waals surface area contributed by atoms with Crippen LogP contribution < -0.4 is 5.32 Å². The minimum Gasteiger partial charge on any atom is -0.480 e. The molecule has 78 valence electrons. The molecule has 0 spiro atoms. The van der Waals surface area contributed by atoms with Crippen molar-refractivity contribution in [2.45, 2.75) is 0 Å². The fourth-order valence-corrected chi connectivity index (χ4v) is 0.958. The molecule has 1 rings (SSSR count). The summed E-state index contributed by atoms with van der Waals surface area (Å²) in [5, 5.41) is 10.5. The van der Waals surface area contributed by atoms with Gasteiger partial charge in [-0.1, -0.05) is 30.3 Å². The fraction of sp³-hybridized carbons (Fsp3) is 0.0909. The lowest BCUT2D eigenvalue weighted by molar-refractivity contribution is -0.137. The lowest BCUT2D eigenvalue weighted by Crippen LogP contribution is -2.27. The third-order valence-electron chi connectivity index (χ3n) is 1.64. The number of nitrogens with one attached hydrogen (secondary N) is 1. The Morgan fingerprint density at radius 3 is 2.53 bits per heavy atom. The normalized spacial score (nSPS) is 10.1. The monoisotopic (exact) mass is 205 g/mol. The molecule has 0 fully saturated rings. The van der Waals surface area contributed by atoms with Gasteiger partial charge in [0.2, 0.25) is 5.91 Å². The lowest BCUT2D eigenvalue weighted by Gasteiger charge is -1.96. The van der Waals surface area contributed by atoms with E-state index in [0.29, 0.717) is 0 Å². The third kappa shape index (κ3) is 4.61. The summed E-state index contributed by atoms with van der Waals surface area (Å²) in [5.74, 6) is -1.47. The van der Waals surface area contributed by atoms with Crippen molar-refractivity contribution < 1.29 is 14.7 Å². The van der Waals surface area contributed by atoms with Crippen LogP contribution in [0.5, 0.6) is 0 Å². The number of carbonyl (C=O) groups is 2. The number of carbonyl (C=O) groups excluding carboxylic acids is 1. The molecule has 1 aromatic carbocycles. The molecule has 15 heavy (non-hydrogen) atoms. The van der Waals surface area contributed by atoms with Gasteiger partial charge >= 0.3 is 5.97 Å². The molecule has 1 amide bonds. The van der Waals surface area contributed by atoms with E-state index in [-0.39, 0.29) is 6.54 Å². The quantitative estimate of drug-likeness (QED) is 0.718. The molecule has 1 aromatic rings. The molecule has 4 heteroatoms. The number of hydrogen-bond acceptors (Lipinski definition) is 2. The number of carboxylic acid groups (broad SMARTS) is 1. The van der Waals surface area contributed by atoms with E-state index in [1.54, 1.807) is 6.08 Å². The second-order valence-electron chi connectivity index (χ2n) is 2.86. The third-order valence-corrected chi connectivity index (χ3v) is 1.64. The van der Waals surface area contributed by atoms with Crippen LogP contribution in [-0.2, 0) is 9.59 Å². The Morgan fingerprint density at radius 1 is 1.27 bits per heavy atom. The van der Waals surface area contributed by atoms with Gasteiger partial charge in [0.25, 0.3) is 0 Å². The van der Waals surface area contributed by atoms with Crippen LogP contribution in [0.25, 0.3) is 6.08 Å². The van der Waals surface area contributed by atoms with Crippen molar-refractivity contribution in [1.29, 1.82) is 0 Å². The van der Waals surface area contributed by atoms with E-state index in [1.807, 2.05) is 30.3 Å². The number of amides is 1. The van der Waals surface area contributed by atoms with Crippen molar-refractivity contribution in [2.75, 3.05) is 6.54 Å². The summed E-state index contributed by atoms with van der Waals surface area (Å²) in [6, 6.07) is 9.29. The van der Waals surface area contributed by atoms with Gasteiger partial charge < -0.3 is 10.4 Å². The van der Waals surface area contributed by atoms with Gasteiger partial charge in [0.05, 0.1) is 0 Å². The molecule has 4 nitrogen and oxygen atoms in total. The largest absolute Gasteiger partial charge is 0.480 e. The Kier molecular flexibility index (Phi) is 4.09. The van der Waals surface area contributed by atoms with Crippen molar-refractivity contribution in [3.8, 4) is 0 Å². The Morgan fingerprint density at radius 2 is 1.93 bits per heavy atom. The van der Waals surface area contributed by atoms with Gasteiger partial charge in [0, 0.05) is 6.08 Å². The molecule has 0 aliphatic rings. The second kappa shape index (κ2) is 5.59. The van der Waals surface area contributed by atoms with E-state index in [9.17, 15) is 9.59 Å². The van der Waals surface area contributed by atoms with Crippen LogP contribution >= 0.6 is 0 Å². The van der Waals surface area contributed by atoms with Crippen LogP contribution in [-0.4, -0.2) is 23.5 Å². The van der Waals surface area contributed by atoms with E-state index in [2.05, 4.69) is 5.32 Å². The van der Waals surface area contributed by atoms with Gasteiger partial charge in [-0.15, -0.1) is 0 Å². The molecule has 2 N–H and O–H groups in total. The fourth-order valence-electron chi connectivity index (χ4n) is 0.958. The van der Waals surface area contributed by atoms with E-state index < -0.39 is 11.9 Å². The maximum Gasteiger partial charge on any atom is 0.322 e. The highest BCUT2D eigenvalue weighted by atomic mass is 16.4. The zero-order valence-corrected chi connectivity index (χ0v) is 8.01. The Bertz CT molecular complexity index is 371. The first-order chi connectivity index (χ1) is 7.18. The minimum atomic E-state index is -1.06. The van der Waals surface area contributed by atoms with Crippen molar-refractivity contribution in [3.63, 3.8) is 0 Å². The summed E-state index contributed by atoms with van der Waals surface area (Å²) in [7, 11) is 0. The molecular formula is C11H11NO3. The zero-order chi connectivity index (χ0) is 11.1. The summed E-state index contributed by atoms with van der Waals surface area (Å²) in [5.41, 5.74) is 0.892. The molecule has 0 aromatic heterocycles. The van der Waals surface area contributed by atoms with E-state index in [4.69, 9.17) is 5.11 Å². The van der Waals surface area contributed by atoms with E-state index in [1.165, 1.54) is 6.08 Å². The topological polar surface area (TPSA) is 66.4 Å².